The van der Waals surface area contributed by atoms with Gasteiger partial charge in [0.05, 0.1) is 0 Å². The van der Waals surface area contributed by atoms with Gasteiger partial charge in [-0.1, -0.05) is 0 Å². The normalized spacial score (nSPS) is 10.7. The molecule has 0 radical (unpaired) electrons. The van der Waals surface area contributed by atoms with E-state index in [0.29, 0.717) is 0 Å². The second kappa shape index (κ2) is 10.1. The van der Waals surface area contributed by atoms with E-state index in [9.17, 15) is 0 Å². The third-order valence-electron chi connectivity index (χ3n) is 3.96. The standard InChI is InChI=1S/2C12H11Si.2CH3.Sn/c2*1-4-13(2,3)11-10-12-8-6-5-7-9-12;;;/h2*5-9H,2-3H3;2*1H3;. The van der Waals surface area contributed by atoms with Gasteiger partial charge in [0.2, 0.25) is 0 Å². The maximum atomic E-state index is 3.60. The molecule has 0 nitrogen and oxygen atoms in total. The van der Waals surface area contributed by atoms with Crippen LogP contribution in [0.15, 0.2) is 60.7 Å². The van der Waals surface area contributed by atoms with E-state index in [-0.39, 0.29) is 0 Å². The van der Waals surface area contributed by atoms with Crippen LogP contribution in [0.3, 0.4) is 0 Å². The zero-order valence-corrected chi connectivity index (χ0v) is 23.1. The predicted octanol–water partition coefficient (Wildman–Crippen LogP) is 5.46. The molecule has 3 heteroatoms. The van der Waals surface area contributed by atoms with Crippen molar-refractivity contribution in [1.29, 1.82) is 0 Å². The van der Waals surface area contributed by atoms with Crippen molar-refractivity contribution in [2.75, 3.05) is 0 Å². The van der Waals surface area contributed by atoms with E-state index in [0.717, 1.165) is 11.1 Å². The molecule has 2 aromatic rings. The third-order valence-corrected chi connectivity index (χ3v) is 12.7. The molecule has 0 aromatic heterocycles. The van der Waals surface area contributed by atoms with E-state index in [1.807, 2.05) is 60.7 Å². The zero-order valence-electron chi connectivity index (χ0n) is 18.3. The van der Waals surface area contributed by atoms with Gasteiger partial charge in [-0.3, -0.25) is 0 Å². The van der Waals surface area contributed by atoms with Crippen LogP contribution in [0.1, 0.15) is 11.1 Å². The molecule has 0 heterocycles. The quantitative estimate of drug-likeness (QED) is 0.323. The van der Waals surface area contributed by atoms with Crippen LogP contribution in [0.25, 0.3) is 0 Å². The summed E-state index contributed by atoms with van der Waals surface area (Å²) in [7, 11) is -3.77. The Bertz CT molecular complexity index is 993. The molecular formula is C26H28Si2Sn. The first-order valence-corrected chi connectivity index (χ1v) is 24.4. The van der Waals surface area contributed by atoms with Gasteiger partial charge < -0.3 is 0 Å². The Morgan fingerprint density at radius 2 is 0.897 bits per heavy atom. The minimum atomic E-state index is -2.73. The zero-order chi connectivity index (χ0) is 21.4. The van der Waals surface area contributed by atoms with Crippen molar-refractivity contribution < 1.29 is 0 Å². The van der Waals surface area contributed by atoms with Crippen LogP contribution in [-0.2, 0) is 0 Å². The monoisotopic (exact) mass is 516 g/mol. The van der Waals surface area contributed by atoms with Gasteiger partial charge in [0, 0.05) is 0 Å². The Hall–Kier alpha value is -2.09. The molecule has 0 saturated heterocycles. The predicted molar refractivity (Wildman–Crippen MR) is 135 cm³/mol. The molecule has 0 aliphatic carbocycles. The molecule has 0 aliphatic rings. The van der Waals surface area contributed by atoms with Crippen LogP contribution in [0.2, 0.25) is 36.1 Å². The Morgan fingerprint density at radius 3 is 1.24 bits per heavy atom. The van der Waals surface area contributed by atoms with E-state index >= 15 is 0 Å². The second-order valence-electron chi connectivity index (χ2n) is 8.61. The third kappa shape index (κ3) is 9.30. The molecule has 0 fully saturated rings. The van der Waals surface area contributed by atoms with Crippen molar-refractivity contribution in [2.45, 2.75) is 36.1 Å². The van der Waals surface area contributed by atoms with Gasteiger partial charge in [0.25, 0.3) is 0 Å². The fourth-order valence-electron chi connectivity index (χ4n) is 2.22. The molecule has 0 N–H and O–H groups in total. The summed E-state index contributed by atoms with van der Waals surface area (Å²) in [5.41, 5.74) is 16.1. The molecule has 0 unspecified atom stereocenters. The van der Waals surface area contributed by atoms with E-state index in [2.05, 4.69) is 78.0 Å². The molecule has 0 aliphatic heterocycles. The van der Waals surface area contributed by atoms with Crippen LogP contribution >= 0.6 is 0 Å². The topological polar surface area (TPSA) is 0 Å². The molecule has 2 rings (SSSR count). The Labute approximate surface area is 183 Å². The fraction of sp³-hybridized carbons (Fsp3) is 0.231. The first kappa shape index (κ1) is 23.2. The van der Waals surface area contributed by atoms with Crippen molar-refractivity contribution in [1.82, 2.24) is 0 Å². The summed E-state index contributed by atoms with van der Waals surface area (Å²) >= 11 is -2.73. The Balaban J connectivity index is 2.15. The summed E-state index contributed by atoms with van der Waals surface area (Å²) in [4.78, 5) is 4.58. The van der Waals surface area contributed by atoms with Gasteiger partial charge in [-0.05, 0) is 0 Å². The van der Waals surface area contributed by atoms with Gasteiger partial charge in [0.15, 0.2) is 0 Å². The van der Waals surface area contributed by atoms with Gasteiger partial charge >= 0.3 is 184 Å². The summed E-state index contributed by atoms with van der Waals surface area (Å²) in [5, 5.41) is 0. The van der Waals surface area contributed by atoms with Crippen LogP contribution in [0.5, 0.6) is 0 Å². The number of hydrogen-bond acceptors (Lipinski definition) is 0. The summed E-state index contributed by atoms with van der Waals surface area (Å²) in [6, 6.07) is 20.3. The van der Waals surface area contributed by atoms with E-state index in [1.165, 1.54) is 0 Å². The van der Waals surface area contributed by atoms with Crippen molar-refractivity contribution in [3.8, 4) is 41.9 Å². The number of hydrogen-bond donors (Lipinski definition) is 0. The van der Waals surface area contributed by atoms with Crippen molar-refractivity contribution in [3.05, 3.63) is 71.8 Å². The minimum absolute atomic E-state index is 1.06. The molecule has 0 amide bonds. The second-order valence-corrected chi connectivity index (χ2v) is 26.8. The Kier molecular flexibility index (Phi) is 8.07. The van der Waals surface area contributed by atoms with Gasteiger partial charge in [-0.25, -0.2) is 0 Å². The summed E-state index contributed by atoms with van der Waals surface area (Å²) in [6.45, 7) is 8.87. The van der Waals surface area contributed by atoms with Crippen LogP contribution < -0.4 is 0 Å². The average molecular weight is 515 g/mol. The fourth-order valence-corrected chi connectivity index (χ4v) is 15.4. The molecule has 29 heavy (non-hydrogen) atoms. The van der Waals surface area contributed by atoms with Gasteiger partial charge in [-0.2, -0.15) is 0 Å². The number of rotatable bonds is 0. The van der Waals surface area contributed by atoms with Gasteiger partial charge in [0.1, 0.15) is 0 Å². The molecular weight excluding hydrogens is 487 g/mol. The summed E-state index contributed by atoms with van der Waals surface area (Å²) in [5.74, 6) is 6.59. The van der Waals surface area contributed by atoms with Crippen LogP contribution in [0.4, 0.5) is 0 Å². The van der Waals surface area contributed by atoms with E-state index in [4.69, 9.17) is 0 Å². The number of benzene rings is 2. The summed E-state index contributed by atoms with van der Waals surface area (Å²) < 4.78 is 7.20. The van der Waals surface area contributed by atoms with Crippen molar-refractivity contribution >= 4 is 34.5 Å². The SMILES string of the molecule is C[Si](C)(C#Cc1ccccc1)C#[C][Sn]([CH3])([CH3])[C]#C[Si](C)(C)C#Cc1ccccc1. The molecule has 0 saturated carbocycles. The first-order chi connectivity index (χ1) is 13.6. The van der Waals surface area contributed by atoms with Crippen LogP contribution in [0, 0.1) is 41.9 Å². The average Bonchev–Trinajstić information content (AvgIpc) is 2.70. The van der Waals surface area contributed by atoms with Crippen molar-refractivity contribution in [3.63, 3.8) is 0 Å². The Morgan fingerprint density at radius 1 is 0.552 bits per heavy atom. The van der Waals surface area contributed by atoms with Crippen molar-refractivity contribution in [2.24, 2.45) is 0 Å². The van der Waals surface area contributed by atoms with E-state index in [1.54, 1.807) is 0 Å². The maximum absolute atomic E-state index is 3.60. The van der Waals surface area contributed by atoms with Gasteiger partial charge in [-0.15, -0.1) is 0 Å². The first-order valence-electron chi connectivity index (χ1n) is 9.82. The molecule has 2 aromatic carbocycles. The summed E-state index contributed by atoms with van der Waals surface area (Å²) in [6.07, 6.45) is 0. The molecule has 0 atom stereocenters. The molecule has 0 spiro atoms. The molecule has 0 bridgehead atoms. The van der Waals surface area contributed by atoms with Crippen LogP contribution in [-0.4, -0.2) is 34.5 Å². The molecule has 144 valence electrons. The van der Waals surface area contributed by atoms with E-state index < -0.39 is 34.5 Å².